The molecule has 2 fully saturated rings. The van der Waals surface area contributed by atoms with Crippen molar-refractivity contribution >= 4 is 17.4 Å². The number of alkyl halides is 9. The van der Waals surface area contributed by atoms with Crippen LogP contribution >= 0.6 is 11.3 Å². The van der Waals surface area contributed by atoms with E-state index in [2.05, 4.69) is 0 Å². The Kier molecular flexibility index (Phi) is 6.20. The SMILES string of the molecule is O=C1O[C@H](c2cc(C(F)(F)F)cc(C(F)(F)F)c2)[C@@H]2CC[C@@H](c3cc(C(F)(F)F)ccc3-c3ccsc3)N12. The summed E-state index contributed by atoms with van der Waals surface area (Å²) in [5, 5.41) is 3.44. The summed E-state index contributed by atoms with van der Waals surface area (Å²) in [6.07, 6.45) is -17.1. The van der Waals surface area contributed by atoms with Gasteiger partial charge < -0.3 is 4.74 Å². The summed E-state index contributed by atoms with van der Waals surface area (Å²) in [5.74, 6) is 0. The zero-order valence-corrected chi connectivity index (χ0v) is 19.7. The Bertz CT molecular complexity index is 1330. The number of rotatable bonds is 3. The van der Waals surface area contributed by atoms with Gasteiger partial charge in [-0.05, 0) is 82.3 Å². The van der Waals surface area contributed by atoms with Crippen LogP contribution in [0.25, 0.3) is 11.1 Å². The Hall–Kier alpha value is -3.22. The highest BCUT2D eigenvalue weighted by molar-refractivity contribution is 7.08. The fourth-order valence-corrected chi connectivity index (χ4v) is 5.74. The van der Waals surface area contributed by atoms with Crippen molar-refractivity contribution in [1.29, 1.82) is 0 Å². The van der Waals surface area contributed by atoms with Crippen LogP contribution in [-0.4, -0.2) is 17.0 Å². The van der Waals surface area contributed by atoms with E-state index in [1.54, 1.807) is 16.8 Å². The fraction of sp³-hybridized carbons (Fsp3) is 0.320. The summed E-state index contributed by atoms with van der Waals surface area (Å²) >= 11 is 1.31. The maximum Gasteiger partial charge on any atom is 0.416 e. The number of carbonyl (C=O) groups is 1. The van der Waals surface area contributed by atoms with E-state index in [0.29, 0.717) is 23.3 Å². The highest BCUT2D eigenvalue weighted by atomic mass is 32.1. The van der Waals surface area contributed by atoms with Crippen molar-refractivity contribution < 1.29 is 49.0 Å². The molecule has 2 aliphatic rings. The van der Waals surface area contributed by atoms with Crippen molar-refractivity contribution in [2.75, 3.05) is 0 Å². The molecule has 0 bridgehead atoms. The molecule has 0 saturated carbocycles. The molecule has 3 heterocycles. The smallest absolute Gasteiger partial charge is 0.416 e. The lowest BCUT2D eigenvalue weighted by Gasteiger charge is -2.25. The van der Waals surface area contributed by atoms with Crippen LogP contribution in [0.15, 0.2) is 53.2 Å². The number of halogens is 9. The van der Waals surface area contributed by atoms with Crippen molar-refractivity contribution in [3.63, 3.8) is 0 Å². The van der Waals surface area contributed by atoms with Crippen LogP contribution in [0.4, 0.5) is 44.3 Å². The monoisotopic (exact) mass is 565 g/mol. The second-order valence-corrected chi connectivity index (χ2v) is 9.80. The topological polar surface area (TPSA) is 29.5 Å². The van der Waals surface area contributed by atoms with Crippen LogP contribution in [0.2, 0.25) is 0 Å². The zero-order chi connectivity index (χ0) is 27.6. The number of hydrogen-bond acceptors (Lipinski definition) is 3. The molecule has 2 saturated heterocycles. The van der Waals surface area contributed by atoms with Crippen LogP contribution in [0.1, 0.15) is 52.8 Å². The van der Waals surface area contributed by atoms with Gasteiger partial charge in [0.05, 0.1) is 28.8 Å². The van der Waals surface area contributed by atoms with Crippen LogP contribution in [0, 0.1) is 0 Å². The van der Waals surface area contributed by atoms with Crippen LogP contribution in [0.3, 0.4) is 0 Å². The molecular formula is C25H16F9NO2S. The quantitative estimate of drug-likeness (QED) is 0.297. The number of benzene rings is 2. The van der Waals surface area contributed by atoms with E-state index < -0.39 is 65.1 Å². The molecule has 1 amide bonds. The molecule has 2 aliphatic heterocycles. The summed E-state index contributed by atoms with van der Waals surface area (Å²) in [7, 11) is 0. The van der Waals surface area contributed by atoms with Crippen LogP contribution in [-0.2, 0) is 23.3 Å². The minimum absolute atomic E-state index is 0.0226. The van der Waals surface area contributed by atoms with E-state index in [9.17, 15) is 44.3 Å². The van der Waals surface area contributed by atoms with Gasteiger partial charge >= 0.3 is 24.6 Å². The Morgan fingerprint density at radius 1 is 0.789 bits per heavy atom. The highest BCUT2D eigenvalue weighted by Crippen LogP contribution is 2.51. The molecule has 3 aromatic rings. The van der Waals surface area contributed by atoms with Crippen molar-refractivity contribution in [1.82, 2.24) is 4.90 Å². The first-order valence-corrected chi connectivity index (χ1v) is 12.1. The molecule has 0 N–H and O–H groups in total. The minimum Gasteiger partial charge on any atom is -0.439 e. The summed E-state index contributed by atoms with van der Waals surface area (Å²) in [6.45, 7) is 0. The number of thiophene rings is 1. The lowest BCUT2D eigenvalue weighted by Crippen LogP contribution is -2.31. The number of carbonyl (C=O) groups excluding carboxylic acids is 1. The highest BCUT2D eigenvalue weighted by Gasteiger charge is 2.52. The second kappa shape index (κ2) is 8.92. The molecule has 3 atom stereocenters. The van der Waals surface area contributed by atoms with Gasteiger partial charge in [0.2, 0.25) is 0 Å². The van der Waals surface area contributed by atoms with E-state index in [1.807, 2.05) is 0 Å². The normalized spacial score (nSPS) is 22.1. The first-order valence-electron chi connectivity index (χ1n) is 11.2. The van der Waals surface area contributed by atoms with Gasteiger partial charge in [-0.15, -0.1) is 0 Å². The number of cyclic esters (lactones) is 1. The molecule has 0 aliphatic carbocycles. The maximum absolute atomic E-state index is 13.5. The average molecular weight is 565 g/mol. The molecule has 1 aromatic heterocycles. The Balaban J connectivity index is 1.57. The molecule has 5 rings (SSSR count). The second-order valence-electron chi connectivity index (χ2n) is 9.02. The van der Waals surface area contributed by atoms with Crippen molar-refractivity contribution in [3.05, 3.63) is 81.0 Å². The molecule has 0 radical (unpaired) electrons. The molecule has 38 heavy (non-hydrogen) atoms. The van der Waals surface area contributed by atoms with Gasteiger partial charge in [-0.2, -0.15) is 50.9 Å². The molecule has 2 aromatic carbocycles. The Labute approximate surface area is 213 Å². The third-order valence-electron chi connectivity index (χ3n) is 6.73. The van der Waals surface area contributed by atoms with Crippen molar-refractivity contribution in [2.45, 2.75) is 49.6 Å². The number of amides is 1. The van der Waals surface area contributed by atoms with Crippen LogP contribution in [0.5, 0.6) is 0 Å². The van der Waals surface area contributed by atoms with Gasteiger partial charge in [-0.25, -0.2) is 4.79 Å². The predicted octanol–water partition coefficient (Wildman–Crippen LogP) is 8.87. The summed E-state index contributed by atoms with van der Waals surface area (Å²) in [5.41, 5.74) is -3.34. The average Bonchev–Trinajstić information content (AvgIpc) is 3.56. The minimum atomic E-state index is -5.09. The van der Waals surface area contributed by atoms with Gasteiger partial charge in [0, 0.05) is 0 Å². The van der Waals surface area contributed by atoms with E-state index in [4.69, 9.17) is 4.74 Å². The van der Waals surface area contributed by atoms with Gasteiger partial charge in [0.15, 0.2) is 0 Å². The van der Waals surface area contributed by atoms with Gasteiger partial charge in [-0.3, -0.25) is 4.90 Å². The lowest BCUT2D eigenvalue weighted by atomic mass is 9.93. The largest absolute Gasteiger partial charge is 0.439 e. The van der Waals surface area contributed by atoms with E-state index in [0.717, 1.165) is 17.0 Å². The first-order chi connectivity index (χ1) is 17.6. The number of fused-ring (bicyclic) bond motifs is 1. The fourth-order valence-electron chi connectivity index (χ4n) is 5.08. The van der Waals surface area contributed by atoms with Gasteiger partial charge in [0.1, 0.15) is 6.10 Å². The molecular weight excluding hydrogens is 549 g/mol. The van der Waals surface area contributed by atoms with Gasteiger partial charge in [0.25, 0.3) is 0 Å². The van der Waals surface area contributed by atoms with Crippen molar-refractivity contribution in [3.8, 4) is 11.1 Å². The summed E-state index contributed by atoms with van der Waals surface area (Å²) in [4.78, 5) is 14.0. The third kappa shape index (κ3) is 4.72. The van der Waals surface area contributed by atoms with E-state index in [-0.39, 0.29) is 24.5 Å². The maximum atomic E-state index is 13.5. The van der Waals surface area contributed by atoms with Crippen molar-refractivity contribution in [2.24, 2.45) is 0 Å². The number of hydrogen-bond donors (Lipinski definition) is 0. The molecule has 3 nitrogen and oxygen atoms in total. The third-order valence-corrected chi connectivity index (χ3v) is 7.41. The molecule has 13 heteroatoms. The first kappa shape index (κ1) is 26.4. The van der Waals surface area contributed by atoms with Crippen LogP contribution < -0.4 is 0 Å². The summed E-state index contributed by atoms with van der Waals surface area (Å²) in [6, 6.07) is 3.90. The number of ether oxygens (including phenoxy) is 1. The summed E-state index contributed by atoms with van der Waals surface area (Å²) < 4.78 is 126. The molecule has 0 unspecified atom stereocenters. The molecule has 0 spiro atoms. The number of nitrogens with zero attached hydrogens (tertiary/aromatic N) is 1. The predicted molar refractivity (Wildman–Crippen MR) is 118 cm³/mol. The molecule has 202 valence electrons. The standard InChI is InChI=1S/C25H16F9NO2S/c26-23(27,28)14-1-2-17(12-5-6-38-11-12)18(10-14)19-3-4-20-21(37-22(36)35(19)20)13-7-15(24(29,30)31)9-16(8-13)25(32,33)34/h1-2,5-11,19-21H,3-4H2/t19-,20-,21+/m0/s1. The Morgan fingerprint density at radius 3 is 1.97 bits per heavy atom. The Morgan fingerprint density at radius 2 is 1.42 bits per heavy atom. The lowest BCUT2D eigenvalue weighted by molar-refractivity contribution is -0.143. The zero-order valence-electron chi connectivity index (χ0n) is 18.9. The van der Waals surface area contributed by atoms with E-state index >= 15 is 0 Å². The van der Waals surface area contributed by atoms with E-state index in [1.165, 1.54) is 17.4 Å². The van der Waals surface area contributed by atoms with Gasteiger partial charge in [-0.1, -0.05) is 6.07 Å².